The van der Waals surface area contributed by atoms with E-state index >= 15 is 0 Å². The number of rotatable bonds is 9. The van der Waals surface area contributed by atoms with Crippen LogP contribution in [-0.2, 0) is 4.79 Å². The van der Waals surface area contributed by atoms with Crippen LogP contribution < -0.4 is 19.9 Å². The molecule has 0 radical (unpaired) electrons. The highest BCUT2D eigenvalue weighted by atomic mass is 19.1. The molecule has 3 heterocycles. The number of aromatic nitrogens is 2. The van der Waals surface area contributed by atoms with Crippen LogP contribution in [0.15, 0.2) is 30.7 Å². The Morgan fingerprint density at radius 2 is 1.90 bits per heavy atom. The van der Waals surface area contributed by atoms with Crippen LogP contribution in [0.25, 0.3) is 0 Å². The molecule has 1 aromatic carbocycles. The summed E-state index contributed by atoms with van der Waals surface area (Å²) in [5.41, 5.74) is 0.616. The smallest absolute Gasteiger partial charge is 0.404 e. The van der Waals surface area contributed by atoms with Gasteiger partial charge in [0, 0.05) is 56.7 Å². The van der Waals surface area contributed by atoms with Gasteiger partial charge in [-0.2, -0.15) is 0 Å². The number of nitrogens with zero attached hydrogens (tertiary/aromatic N) is 5. The van der Waals surface area contributed by atoms with E-state index in [4.69, 9.17) is 9.84 Å². The fourth-order valence-corrected chi connectivity index (χ4v) is 6.39. The van der Waals surface area contributed by atoms with E-state index in [-0.39, 0.29) is 23.3 Å². The van der Waals surface area contributed by atoms with Crippen LogP contribution in [0.3, 0.4) is 0 Å². The van der Waals surface area contributed by atoms with Crippen molar-refractivity contribution in [3.63, 3.8) is 0 Å². The molecular weight excluding hydrogens is 515 g/mol. The van der Waals surface area contributed by atoms with Crippen molar-refractivity contribution in [3.8, 4) is 11.5 Å². The Balaban J connectivity index is 1.14. The lowest BCUT2D eigenvalue weighted by molar-refractivity contribution is -0.121. The zero-order valence-electron chi connectivity index (χ0n) is 23.5. The van der Waals surface area contributed by atoms with Crippen molar-refractivity contribution in [1.82, 2.24) is 20.2 Å². The minimum absolute atomic E-state index is 0.107. The fraction of sp³-hybridized carbons (Fsp3) is 0.586. The zero-order valence-corrected chi connectivity index (χ0v) is 23.5. The Morgan fingerprint density at radius 1 is 1.18 bits per heavy atom. The Bertz CT molecular complexity index is 1220. The van der Waals surface area contributed by atoms with Crippen molar-refractivity contribution in [2.45, 2.75) is 52.0 Å². The maximum atomic E-state index is 14.1. The van der Waals surface area contributed by atoms with E-state index in [0.29, 0.717) is 28.9 Å². The number of hydrogen-bond acceptors (Lipinski definition) is 7. The van der Waals surface area contributed by atoms with Gasteiger partial charge >= 0.3 is 6.09 Å². The summed E-state index contributed by atoms with van der Waals surface area (Å²) in [4.78, 5) is 38.2. The second-order valence-corrected chi connectivity index (χ2v) is 12.0. The number of hydrogen-bond donors (Lipinski definition) is 2. The number of carbonyl (C=O) groups excluding carboxylic acids is 1. The third-order valence-electron chi connectivity index (χ3n) is 8.48. The van der Waals surface area contributed by atoms with Crippen molar-refractivity contribution < 1.29 is 23.8 Å². The number of halogens is 1. The molecule has 11 heteroatoms. The third-order valence-corrected chi connectivity index (χ3v) is 8.48. The molecule has 2 aliphatic heterocycles. The molecule has 1 spiro atoms. The summed E-state index contributed by atoms with van der Waals surface area (Å²) < 4.78 is 20.3. The van der Waals surface area contributed by atoms with Gasteiger partial charge in [-0.25, -0.2) is 19.2 Å². The maximum absolute atomic E-state index is 14.1. The number of carboxylic acid groups (broad SMARTS) is 1. The van der Waals surface area contributed by atoms with Crippen molar-refractivity contribution >= 4 is 23.5 Å². The van der Waals surface area contributed by atoms with Crippen molar-refractivity contribution in [2.75, 3.05) is 49.6 Å². The minimum Gasteiger partial charge on any atom is -0.465 e. The zero-order chi connectivity index (χ0) is 28.4. The van der Waals surface area contributed by atoms with E-state index in [1.54, 1.807) is 27.1 Å². The van der Waals surface area contributed by atoms with Gasteiger partial charge in [-0.3, -0.25) is 4.79 Å². The Morgan fingerprint density at radius 3 is 2.58 bits per heavy atom. The molecule has 1 aliphatic carbocycles. The van der Waals surface area contributed by atoms with Crippen LogP contribution in [0.1, 0.15) is 46.0 Å². The summed E-state index contributed by atoms with van der Waals surface area (Å²) in [7, 11) is 1.62. The summed E-state index contributed by atoms with van der Waals surface area (Å²) in [5, 5.41) is 11.5. The first kappa shape index (κ1) is 28.1. The molecule has 2 N–H and O–H groups in total. The first-order valence-corrected chi connectivity index (χ1v) is 14.1. The molecule has 2 aromatic rings. The van der Waals surface area contributed by atoms with E-state index < -0.39 is 11.9 Å². The first-order valence-electron chi connectivity index (χ1n) is 14.1. The topological polar surface area (TPSA) is 111 Å². The quantitative estimate of drug-likeness (QED) is 0.470. The standard InChI is InChI=1S/C29H39FN6O4/c1-19(2)27(37)34(3)23-12-21(30)6-9-24(23)40-25-13-31-18-32-26(25)36-16-29(17-36)14-35(15-29)11-10-20-4-7-22(8-5-20)33-28(38)39/h6,9,12-13,18-20,22,33H,4-5,7-8,10-11,14-17H2,1-3H3,(H,38,39). The second kappa shape index (κ2) is 11.6. The summed E-state index contributed by atoms with van der Waals surface area (Å²) in [6.07, 6.45) is 7.40. The lowest BCUT2D eigenvalue weighted by atomic mass is 9.72. The molecule has 3 aliphatic rings. The van der Waals surface area contributed by atoms with Gasteiger partial charge in [-0.15, -0.1) is 0 Å². The number of likely N-dealkylation sites (tertiary alicyclic amines) is 1. The van der Waals surface area contributed by atoms with Gasteiger partial charge in [0.25, 0.3) is 0 Å². The van der Waals surface area contributed by atoms with E-state index in [2.05, 4.69) is 25.1 Å². The van der Waals surface area contributed by atoms with E-state index in [9.17, 15) is 14.0 Å². The maximum Gasteiger partial charge on any atom is 0.404 e. The molecular formula is C29H39FN6O4. The van der Waals surface area contributed by atoms with Gasteiger partial charge in [0.2, 0.25) is 5.91 Å². The number of carbonyl (C=O) groups is 2. The average molecular weight is 555 g/mol. The first-order chi connectivity index (χ1) is 19.1. The van der Waals surface area contributed by atoms with Gasteiger partial charge in [0.1, 0.15) is 12.1 Å². The fourth-order valence-electron chi connectivity index (χ4n) is 6.39. The van der Waals surface area contributed by atoms with Crippen LogP contribution >= 0.6 is 0 Å². The van der Waals surface area contributed by atoms with Crippen molar-refractivity contribution in [2.24, 2.45) is 17.3 Å². The summed E-state index contributed by atoms with van der Waals surface area (Å²) >= 11 is 0. The largest absolute Gasteiger partial charge is 0.465 e. The van der Waals surface area contributed by atoms with Crippen molar-refractivity contribution in [1.29, 1.82) is 0 Å². The summed E-state index contributed by atoms with van der Waals surface area (Å²) in [6, 6.07) is 4.26. The molecule has 2 saturated heterocycles. The van der Waals surface area contributed by atoms with Crippen LogP contribution in [0, 0.1) is 23.1 Å². The van der Waals surface area contributed by atoms with Crippen LogP contribution in [0.4, 0.5) is 20.7 Å². The molecule has 1 aromatic heterocycles. The molecule has 0 atom stereocenters. The number of anilines is 2. The average Bonchev–Trinajstić information content (AvgIpc) is 2.88. The molecule has 2 amide bonds. The lowest BCUT2D eigenvalue weighted by Gasteiger charge is -2.61. The molecule has 40 heavy (non-hydrogen) atoms. The minimum atomic E-state index is -0.921. The van der Waals surface area contributed by atoms with Gasteiger partial charge in [-0.05, 0) is 56.7 Å². The summed E-state index contributed by atoms with van der Waals surface area (Å²) in [6.45, 7) is 8.57. The molecule has 0 unspecified atom stereocenters. The Hall–Kier alpha value is -3.47. The highest BCUT2D eigenvalue weighted by Gasteiger charge is 2.52. The molecule has 10 nitrogen and oxygen atoms in total. The highest BCUT2D eigenvalue weighted by molar-refractivity contribution is 5.95. The Labute approximate surface area is 234 Å². The predicted molar refractivity (Wildman–Crippen MR) is 149 cm³/mol. The van der Waals surface area contributed by atoms with E-state index in [1.165, 1.54) is 29.4 Å². The SMILES string of the molecule is CC(C)C(=O)N(C)c1cc(F)ccc1Oc1cncnc1N1CC2(CN(CCC3CCC(NC(=O)O)CC3)C2)C1. The van der Waals surface area contributed by atoms with Gasteiger partial charge in [0.15, 0.2) is 17.3 Å². The molecule has 0 bridgehead atoms. The van der Waals surface area contributed by atoms with Crippen LogP contribution in [0.2, 0.25) is 0 Å². The predicted octanol–water partition coefficient (Wildman–Crippen LogP) is 4.37. The van der Waals surface area contributed by atoms with E-state index in [1.807, 2.05) is 0 Å². The van der Waals surface area contributed by atoms with Crippen LogP contribution in [0.5, 0.6) is 11.5 Å². The number of amides is 2. The number of benzene rings is 1. The van der Waals surface area contributed by atoms with Crippen LogP contribution in [-0.4, -0.2) is 77.8 Å². The monoisotopic (exact) mass is 554 g/mol. The van der Waals surface area contributed by atoms with Crippen molar-refractivity contribution in [3.05, 3.63) is 36.5 Å². The van der Waals surface area contributed by atoms with Gasteiger partial charge in [-0.1, -0.05) is 13.8 Å². The molecule has 1 saturated carbocycles. The lowest BCUT2D eigenvalue weighted by Crippen LogP contribution is -2.72. The molecule has 5 rings (SSSR count). The van der Waals surface area contributed by atoms with E-state index in [0.717, 1.165) is 64.8 Å². The summed E-state index contributed by atoms with van der Waals surface area (Å²) in [5.74, 6) is 1.38. The number of ether oxygens (including phenoxy) is 1. The number of nitrogens with one attached hydrogen (secondary N) is 1. The second-order valence-electron chi connectivity index (χ2n) is 12.0. The molecule has 216 valence electrons. The Kier molecular flexibility index (Phi) is 8.11. The third kappa shape index (κ3) is 6.14. The normalized spacial score (nSPS) is 22.0. The van der Waals surface area contributed by atoms with Gasteiger partial charge in [0.05, 0.1) is 11.9 Å². The highest BCUT2D eigenvalue weighted by Crippen LogP contribution is 2.45. The van der Waals surface area contributed by atoms with Gasteiger partial charge < -0.3 is 29.9 Å². The molecule has 3 fully saturated rings.